The van der Waals surface area contributed by atoms with E-state index < -0.39 is 0 Å². The van der Waals surface area contributed by atoms with Crippen LogP contribution in [0.4, 0.5) is 0 Å². The molecule has 0 bridgehead atoms. The van der Waals surface area contributed by atoms with Gasteiger partial charge in [0.25, 0.3) is 0 Å². The normalized spacial score (nSPS) is 39.9. The molecule has 1 N–H and O–H groups in total. The van der Waals surface area contributed by atoms with Crippen molar-refractivity contribution in [2.75, 3.05) is 13.2 Å². The number of ether oxygens (including phenoxy) is 4. The molecule has 1 aromatic rings. The Morgan fingerprint density at radius 1 is 1.18 bits per heavy atom. The van der Waals surface area contributed by atoms with E-state index in [2.05, 4.69) is 12.2 Å². The Labute approximate surface area is 130 Å². The Morgan fingerprint density at radius 3 is 2.86 bits per heavy atom. The summed E-state index contributed by atoms with van der Waals surface area (Å²) < 4.78 is 23.9. The zero-order chi connectivity index (χ0) is 14.9. The first-order valence-corrected chi connectivity index (χ1v) is 8.22. The van der Waals surface area contributed by atoms with Gasteiger partial charge >= 0.3 is 0 Å². The lowest BCUT2D eigenvalue weighted by atomic mass is 10.0. The number of hydrogen-bond donors (Lipinski definition) is 1. The van der Waals surface area contributed by atoms with Crippen LogP contribution < -0.4 is 5.32 Å². The van der Waals surface area contributed by atoms with Crippen molar-refractivity contribution < 1.29 is 18.9 Å². The van der Waals surface area contributed by atoms with Crippen LogP contribution in [-0.4, -0.2) is 43.8 Å². The zero-order valence-corrected chi connectivity index (χ0v) is 12.8. The highest BCUT2D eigenvalue weighted by atomic mass is 16.7. The molecule has 5 nitrogen and oxygen atoms in total. The molecule has 0 radical (unpaired) electrons. The van der Waals surface area contributed by atoms with Crippen LogP contribution in [0.3, 0.4) is 0 Å². The first kappa shape index (κ1) is 14.6. The van der Waals surface area contributed by atoms with Crippen molar-refractivity contribution in [3.63, 3.8) is 0 Å². The molecule has 3 heterocycles. The van der Waals surface area contributed by atoms with Gasteiger partial charge in [0.15, 0.2) is 12.6 Å². The quantitative estimate of drug-likeness (QED) is 0.666. The molecule has 0 spiro atoms. The van der Waals surface area contributed by atoms with Crippen molar-refractivity contribution in [3.8, 4) is 0 Å². The Morgan fingerprint density at radius 2 is 2.05 bits per heavy atom. The van der Waals surface area contributed by atoms with E-state index in [1.807, 2.05) is 30.3 Å². The molecule has 4 rings (SSSR count). The first-order valence-electron chi connectivity index (χ1n) is 8.22. The Balaban J connectivity index is 1.38. The molecule has 1 aromatic carbocycles. The van der Waals surface area contributed by atoms with E-state index in [1.165, 1.54) is 0 Å². The smallest absolute Gasteiger partial charge is 0.184 e. The highest BCUT2D eigenvalue weighted by molar-refractivity contribution is 5.18. The van der Waals surface area contributed by atoms with Crippen LogP contribution in [0.5, 0.6) is 0 Å². The molecular weight excluding hydrogens is 282 g/mol. The molecule has 0 aliphatic carbocycles. The third-order valence-electron chi connectivity index (χ3n) is 4.53. The van der Waals surface area contributed by atoms with Gasteiger partial charge in [-0.15, -0.1) is 0 Å². The summed E-state index contributed by atoms with van der Waals surface area (Å²) in [6.07, 6.45) is 1.71. The number of rotatable bonds is 5. The van der Waals surface area contributed by atoms with Gasteiger partial charge in [0, 0.05) is 12.2 Å². The van der Waals surface area contributed by atoms with Crippen molar-refractivity contribution in [1.29, 1.82) is 0 Å². The molecule has 3 aliphatic heterocycles. The SMILES string of the molecule is CCCCO[C@@H]1O[C@H]2CO[C@@H](c3ccccc3)O[C@H]2[C@H]2N[C@@H]12. The van der Waals surface area contributed by atoms with Crippen molar-refractivity contribution in [3.05, 3.63) is 35.9 Å². The summed E-state index contributed by atoms with van der Waals surface area (Å²) in [6, 6.07) is 10.6. The maximum absolute atomic E-state index is 6.14. The highest BCUT2D eigenvalue weighted by Crippen LogP contribution is 2.39. The van der Waals surface area contributed by atoms with E-state index in [1.54, 1.807) is 0 Å². The standard InChI is InChI=1S/C17H23NO4/c1-2-3-9-19-17-14-13(18-14)15-12(21-17)10-20-16(22-15)11-7-5-4-6-8-11/h4-8,12-18H,2-3,9-10H2,1H3/t12-,13-,14+,15+,16+,17+/m0/s1. The van der Waals surface area contributed by atoms with Crippen LogP contribution >= 0.6 is 0 Å². The van der Waals surface area contributed by atoms with Crippen molar-refractivity contribution in [1.82, 2.24) is 5.32 Å². The van der Waals surface area contributed by atoms with E-state index in [-0.39, 0.29) is 30.8 Å². The molecule has 0 amide bonds. The van der Waals surface area contributed by atoms with E-state index in [4.69, 9.17) is 18.9 Å². The van der Waals surface area contributed by atoms with Crippen LogP contribution in [0, 0.1) is 0 Å². The second-order valence-corrected chi connectivity index (χ2v) is 6.16. The predicted octanol–water partition coefficient (Wildman–Crippen LogP) is 1.98. The maximum atomic E-state index is 6.14. The minimum Gasteiger partial charge on any atom is -0.351 e. The van der Waals surface area contributed by atoms with E-state index in [9.17, 15) is 0 Å². The molecule has 6 atom stereocenters. The number of fused-ring (bicyclic) bond motifs is 3. The van der Waals surface area contributed by atoms with Gasteiger partial charge in [-0.05, 0) is 6.42 Å². The third-order valence-corrected chi connectivity index (χ3v) is 4.53. The molecule has 0 unspecified atom stereocenters. The maximum Gasteiger partial charge on any atom is 0.184 e. The molecule has 120 valence electrons. The summed E-state index contributed by atoms with van der Waals surface area (Å²) in [4.78, 5) is 0. The molecule has 0 saturated carbocycles. The topological polar surface area (TPSA) is 58.9 Å². The van der Waals surface area contributed by atoms with Crippen LogP contribution in [-0.2, 0) is 18.9 Å². The largest absolute Gasteiger partial charge is 0.351 e. The van der Waals surface area contributed by atoms with Gasteiger partial charge in [0.2, 0.25) is 0 Å². The fourth-order valence-corrected chi connectivity index (χ4v) is 3.22. The average molecular weight is 305 g/mol. The van der Waals surface area contributed by atoms with Gasteiger partial charge < -0.3 is 24.3 Å². The number of nitrogens with one attached hydrogen (secondary N) is 1. The second-order valence-electron chi connectivity index (χ2n) is 6.16. The third kappa shape index (κ3) is 2.79. The fraction of sp³-hybridized carbons (Fsp3) is 0.647. The van der Waals surface area contributed by atoms with Crippen molar-refractivity contribution in [2.45, 2.75) is 56.6 Å². The summed E-state index contributed by atoms with van der Waals surface area (Å²) in [6.45, 7) is 3.45. The van der Waals surface area contributed by atoms with E-state index in [0.717, 1.165) is 25.0 Å². The molecule has 5 heteroatoms. The summed E-state index contributed by atoms with van der Waals surface area (Å²) in [5, 5.41) is 3.45. The van der Waals surface area contributed by atoms with Crippen LogP contribution in [0.1, 0.15) is 31.6 Å². The molecule has 3 fully saturated rings. The predicted molar refractivity (Wildman–Crippen MR) is 80.2 cm³/mol. The molecular formula is C17H23NO4. The zero-order valence-electron chi connectivity index (χ0n) is 12.8. The molecule has 0 aromatic heterocycles. The van der Waals surface area contributed by atoms with Crippen LogP contribution in [0.25, 0.3) is 0 Å². The van der Waals surface area contributed by atoms with Gasteiger partial charge in [-0.25, -0.2) is 0 Å². The van der Waals surface area contributed by atoms with Gasteiger partial charge in [-0.1, -0.05) is 43.7 Å². The minimum atomic E-state index is -0.299. The second kappa shape index (κ2) is 6.26. The summed E-state index contributed by atoms with van der Waals surface area (Å²) >= 11 is 0. The molecule has 3 aliphatic rings. The lowest BCUT2D eigenvalue weighted by molar-refractivity contribution is -0.307. The number of hydrogen-bond acceptors (Lipinski definition) is 5. The van der Waals surface area contributed by atoms with Gasteiger partial charge in [0.05, 0.1) is 18.7 Å². The van der Waals surface area contributed by atoms with Gasteiger partial charge in [-0.3, -0.25) is 0 Å². The van der Waals surface area contributed by atoms with Crippen LogP contribution in [0.2, 0.25) is 0 Å². The van der Waals surface area contributed by atoms with Gasteiger partial charge in [-0.2, -0.15) is 0 Å². The van der Waals surface area contributed by atoms with Crippen molar-refractivity contribution >= 4 is 0 Å². The lowest BCUT2D eigenvalue weighted by Gasteiger charge is -2.40. The minimum absolute atomic E-state index is 0.0370. The highest BCUT2D eigenvalue weighted by Gasteiger charge is 2.58. The summed E-state index contributed by atoms with van der Waals surface area (Å²) in [7, 11) is 0. The Kier molecular flexibility index (Phi) is 4.15. The monoisotopic (exact) mass is 305 g/mol. The lowest BCUT2D eigenvalue weighted by Crippen LogP contribution is -2.52. The van der Waals surface area contributed by atoms with E-state index >= 15 is 0 Å². The first-order chi connectivity index (χ1) is 10.9. The molecule has 3 saturated heterocycles. The summed E-state index contributed by atoms with van der Waals surface area (Å²) in [5.74, 6) is 0. The van der Waals surface area contributed by atoms with Crippen molar-refractivity contribution in [2.24, 2.45) is 0 Å². The Hall–Kier alpha value is -0.980. The molecule has 22 heavy (non-hydrogen) atoms. The average Bonchev–Trinajstić information content (AvgIpc) is 3.37. The Bertz CT molecular complexity index is 497. The number of unbranched alkanes of at least 4 members (excludes halogenated alkanes) is 1. The van der Waals surface area contributed by atoms with Gasteiger partial charge in [0.1, 0.15) is 12.2 Å². The van der Waals surface area contributed by atoms with Crippen LogP contribution in [0.15, 0.2) is 30.3 Å². The summed E-state index contributed by atoms with van der Waals surface area (Å²) in [5.41, 5.74) is 1.06. The van der Waals surface area contributed by atoms with E-state index in [0.29, 0.717) is 12.6 Å². The fourth-order valence-electron chi connectivity index (χ4n) is 3.22. The number of benzene rings is 1.